The van der Waals surface area contributed by atoms with Gasteiger partial charge in [-0.05, 0) is 51.3 Å². The van der Waals surface area contributed by atoms with E-state index < -0.39 is 0 Å². The molecule has 18 heavy (non-hydrogen) atoms. The first-order valence-corrected chi connectivity index (χ1v) is 7.04. The highest BCUT2D eigenvalue weighted by atomic mass is 15.2. The minimum Gasteiger partial charge on any atom is -0.322 e. The fourth-order valence-electron chi connectivity index (χ4n) is 3.27. The summed E-state index contributed by atoms with van der Waals surface area (Å²) in [6, 6.07) is 10.7. The number of hydrogen-bond acceptors (Lipinski definition) is 2. The summed E-state index contributed by atoms with van der Waals surface area (Å²) in [7, 11) is 4.36. The smallest absolute Gasteiger partial charge is 0.0481 e. The molecule has 0 bridgehead atoms. The molecule has 1 unspecified atom stereocenters. The quantitative estimate of drug-likeness (QED) is 0.887. The van der Waals surface area contributed by atoms with E-state index in [-0.39, 0.29) is 11.6 Å². The maximum atomic E-state index is 6.61. The molecule has 0 aromatic heterocycles. The minimum atomic E-state index is 0.112. The van der Waals surface area contributed by atoms with Gasteiger partial charge in [-0.2, -0.15) is 0 Å². The Balaban J connectivity index is 2.25. The van der Waals surface area contributed by atoms with Crippen LogP contribution < -0.4 is 5.73 Å². The van der Waals surface area contributed by atoms with Crippen LogP contribution in [-0.2, 0) is 0 Å². The molecule has 0 heterocycles. The lowest BCUT2D eigenvalue weighted by Crippen LogP contribution is -2.54. The van der Waals surface area contributed by atoms with Crippen molar-refractivity contribution in [2.24, 2.45) is 11.7 Å². The second-order valence-corrected chi connectivity index (χ2v) is 6.07. The van der Waals surface area contributed by atoms with Crippen molar-refractivity contribution >= 4 is 0 Å². The molecule has 1 aliphatic carbocycles. The number of nitrogens with two attached hydrogens (primary N) is 1. The van der Waals surface area contributed by atoms with Gasteiger partial charge in [0.1, 0.15) is 0 Å². The molecule has 1 saturated carbocycles. The van der Waals surface area contributed by atoms with Crippen molar-refractivity contribution in [3.8, 4) is 0 Å². The molecular weight excluding hydrogens is 220 g/mol. The van der Waals surface area contributed by atoms with Crippen LogP contribution in [0.4, 0.5) is 0 Å². The monoisotopic (exact) mass is 246 g/mol. The zero-order valence-corrected chi connectivity index (χ0v) is 11.9. The van der Waals surface area contributed by atoms with Crippen LogP contribution >= 0.6 is 0 Å². The average molecular weight is 246 g/mol. The first kappa shape index (κ1) is 13.6. The third-order valence-electron chi connectivity index (χ3n) is 4.77. The lowest BCUT2D eigenvalue weighted by atomic mass is 9.70. The molecule has 2 rings (SSSR count). The molecule has 2 heteroatoms. The third-order valence-corrected chi connectivity index (χ3v) is 4.77. The van der Waals surface area contributed by atoms with E-state index in [1.807, 2.05) is 0 Å². The average Bonchev–Trinajstić information content (AvgIpc) is 2.40. The van der Waals surface area contributed by atoms with Crippen LogP contribution in [0.15, 0.2) is 30.3 Å². The summed E-state index contributed by atoms with van der Waals surface area (Å²) in [4.78, 5) is 2.36. The highest BCUT2D eigenvalue weighted by molar-refractivity contribution is 5.23. The van der Waals surface area contributed by atoms with Gasteiger partial charge in [-0.3, -0.25) is 0 Å². The van der Waals surface area contributed by atoms with Crippen molar-refractivity contribution in [3.63, 3.8) is 0 Å². The summed E-state index contributed by atoms with van der Waals surface area (Å²) in [6.45, 7) is 2.35. The van der Waals surface area contributed by atoms with Crippen molar-refractivity contribution in [3.05, 3.63) is 35.9 Å². The van der Waals surface area contributed by atoms with Crippen LogP contribution in [0.3, 0.4) is 0 Å². The van der Waals surface area contributed by atoms with Gasteiger partial charge in [0.2, 0.25) is 0 Å². The van der Waals surface area contributed by atoms with Crippen LogP contribution in [0.1, 0.15) is 44.2 Å². The normalized spacial score (nSPS) is 30.4. The second kappa shape index (κ2) is 5.41. The van der Waals surface area contributed by atoms with Crippen LogP contribution in [-0.4, -0.2) is 24.5 Å². The van der Waals surface area contributed by atoms with Crippen LogP contribution in [0.5, 0.6) is 0 Å². The van der Waals surface area contributed by atoms with Gasteiger partial charge in [0.25, 0.3) is 0 Å². The molecule has 0 amide bonds. The predicted molar refractivity (Wildman–Crippen MR) is 77.4 cm³/mol. The predicted octanol–water partition coefficient (Wildman–Crippen LogP) is 3.20. The second-order valence-electron chi connectivity index (χ2n) is 6.07. The Morgan fingerprint density at radius 2 is 1.72 bits per heavy atom. The van der Waals surface area contributed by atoms with Crippen LogP contribution in [0.25, 0.3) is 0 Å². The first-order chi connectivity index (χ1) is 8.56. The van der Waals surface area contributed by atoms with E-state index in [1.54, 1.807) is 0 Å². The molecular formula is C16H26N2. The Bertz CT molecular complexity index is 364. The zero-order valence-electron chi connectivity index (χ0n) is 11.9. The molecule has 1 atom stereocenters. The van der Waals surface area contributed by atoms with Crippen molar-refractivity contribution in [2.75, 3.05) is 14.1 Å². The zero-order chi connectivity index (χ0) is 13.2. The van der Waals surface area contributed by atoms with Crippen molar-refractivity contribution in [1.82, 2.24) is 4.90 Å². The largest absolute Gasteiger partial charge is 0.322 e. The summed E-state index contributed by atoms with van der Waals surface area (Å²) < 4.78 is 0. The molecule has 0 radical (unpaired) electrons. The number of rotatable bonds is 3. The maximum Gasteiger partial charge on any atom is 0.0481 e. The lowest BCUT2D eigenvalue weighted by Gasteiger charge is -2.48. The topological polar surface area (TPSA) is 29.3 Å². The van der Waals surface area contributed by atoms with Gasteiger partial charge in [0.15, 0.2) is 0 Å². The Hall–Kier alpha value is -0.860. The molecule has 0 spiro atoms. The van der Waals surface area contributed by atoms with Gasteiger partial charge in [-0.1, -0.05) is 37.3 Å². The molecule has 1 aromatic rings. The highest BCUT2D eigenvalue weighted by Gasteiger charge is 2.41. The third kappa shape index (κ3) is 2.45. The maximum absolute atomic E-state index is 6.61. The molecule has 100 valence electrons. The molecule has 1 aliphatic rings. The fraction of sp³-hybridized carbons (Fsp3) is 0.625. The Labute approximate surface area is 111 Å². The Morgan fingerprint density at radius 3 is 2.22 bits per heavy atom. The van der Waals surface area contributed by atoms with Gasteiger partial charge in [-0.25, -0.2) is 0 Å². The standard InChI is InChI=1S/C16H26N2/c1-13-9-11-16(12-10-13,18(2)3)15(17)14-7-5-4-6-8-14/h4-8,13,15H,9-12,17H2,1-3H3. The summed E-state index contributed by atoms with van der Waals surface area (Å²) >= 11 is 0. The summed E-state index contributed by atoms with van der Waals surface area (Å²) in [5.41, 5.74) is 8.01. The van der Waals surface area contributed by atoms with E-state index in [1.165, 1.54) is 31.2 Å². The molecule has 2 nitrogen and oxygen atoms in total. The first-order valence-electron chi connectivity index (χ1n) is 7.04. The SMILES string of the molecule is CC1CCC(C(N)c2ccccc2)(N(C)C)CC1. The van der Waals surface area contributed by atoms with Gasteiger partial charge < -0.3 is 10.6 Å². The molecule has 0 aliphatic heterocycles. The number of hydrogen-bond donors (Lipinski definition) is 1. The van der Waals surface area contributed by atoms with Gasteiger partial charge >= 0.3 is 0 Å². The van der Waals surface area contributed by atoms with E-state index in [0.717, 1.165) is 5.92 Å². The fourth-order valence-corrected chi connectivity index (χ4v) is 3.27. The van der Waals surface area contributed by atoms with Crippen molar-refractivity contribution in [1.29, 1.82) is 0 Å². The molecule has 2 N–H and O–H groups in total. The molecule has 1 fully saturated rings. The Morgan fingerprint density at radius 1 is 1.17 bits per heavy atom. The summed E-state index contributed by atoms with van der Waals surface area (Å²) in [5.74, 6) is 0.848. The van der Waals surface area contributed by atoms with Crippen molar-refractivity contribution in [2.45, 2.75) is 44.2 Å². The van der Waals surface area contributed by atoms with Gasteiger partial charge in [-0.15, -0.1) is 0 Å². The number of likely N-dealkylation sites (N-methyl/N-ethyl adjacent to an activating group) is 1. The highest BCUT2D eigenvalue weighted by Crippen LogP contribution is 2.42. The lowest BCUT2D eigenvalue weighted by molar-refractivity contribution is 0.0564. The van der Waals surface area contributed by atoms with E-state index in [4.69, 9.17) is 5.73 Å². The van der Waals surface area contributed by atoms with E-state index >= 15 is 0 Å². The van der Waals surface area contributed by atoms with Crippen LogP contribution in [0, 0.1) is 5.92 Å². The molecule has 0 saturated heterocycles. The van der Waals surface area contributed by atoms with Gasteiger partial charge in [0.05, 0.1) is 0 Å². The number of nitrogens with zero attached hydrogens (tertiary/aromatic N) is 1. The van der Waals surface area contributed by atoms with Gasteiger partial charge in [0, 0.05) is 11.6 Å². The van der Waals surface area contributed by atoms with E-state index in [2.05, 4.69) is 56.3 Å². The number of benzene rings is 1. The van der Waals surface area contributed by atoms with E-state index in [9.17, 15) is 0 Å². The van der Waals surface area contributed by atoms with Crippen LogP contribution in [0.2, 0.25) is 0 Å². The summed E-state index contributed by atoms with van der Waals surface area (Å²) in [5, 5.41) is 0. The summed E-state index contributed by atoms with van der Waals surface area (Å²) in [6.07, 6.45) is 4.99. The molecule has 1 aromatic carbocycles. The van der Waals surface area contributed by atoms with Crippen molar-refractivity contribution < 1.29 is 0 Å². The Kier molecular flexibility index (Phi) is 4.08. The minimum absolute atomic E-state index is 0.112. The van der Waals surface area contributed by atoms with E-state index in [0.29, 0.717) is 0 Å².